The minimum absolute atomic E-state index is 0.0416. The predicted molar refractivity (Wildman–Crippen MR) is 78.4 cm³/mol. The molecule has 0 saturated carbocycles. The van der Waals surface area contributed by atoms with E-state index in [-0.39, 0.29) is 5.91 Å². The van der Waals surface area contributed by atoms with Gasteiger partial charge in [0.05, 0.1) is 16.0 Å². The molecule has 0 N–H and O–H groups in total. The maximum Gasteiger partial charge on any atom is 0.259 e. The smallest absolute Gasteiger partial charge is 0.259 e. The Morgan fingerprint density at radius 2 is 2.26 bits per heavy atom. The average molecular weight is 343 g/mol. The lowest BCUT2D eigenvalue weighted by atomic mass is 10.1. The molecule has 2 rings (SSSR count). The molecule has 6 heteroatoms. The van der Waals surface area contributed by atoms with Crippen LogP contribution in [0.15, 0.2) is 20.4 Å². The van der Waals surface area contributed by atoms with Crippen LogP contribution in [0.5, 0.6) is 0 Å². The molecule has 19 heavy (non-hydrogen) atoms. The number of hydrogen-bond acceptors (Lipinski definition) is 4. The summed E-state index contributed by atoms with van der Waals surface area (Å²) in [5.41, 5.74) is 1.32. The molecule has 0 aromatic carbocycles. The normalized spacial score (nSPS) is 10.7. The highest BCUT2D eigenvalue weighted by molar-refractivity contribution is 9.11. The van der Waals surface area contributed by atoms with Crippen LogP contribution in [-0.4, -0.2) is 23.0 Å². The zero-order valence-electron chi connectivity index (χ0n) is 11.1. The van der Waals surface area contributed by atoms with Crippen LogP contribution in [0.3, 0.4) is 0 Å². The molecule has 2 heterocycles. The first kappa shape index (κ1) is 14.3. The third-order valence-corrected chi connectivity index (χ3v) is 4.46. The molecule has 0 aliphatic heterocycles. The van der Waals surface area contributed by atoms with Crippen molar-refractivity contribution in [3.8, 4) is 0 Å². The molecule has 0 saturated heterocycles. The van der Waals surface area contributed by atoms with Gasteiger partial charge < -0.3 is 9.42 Å². The van der Waals surface area contributed by atoms with Gasteiger partial charge >= 0.3 is 0 Å². The minimum Gasteiger partial charge on any atom is -0.361 e. The molecule has 0 spiro atoms. The van der Waals surface area contributed by atoms with Crippen LogP contribution in [-0.2, 0) is 13.0 Å². The van der Waals surface area contributed by atoms with Crippen LogP contribution >= 0.6 is 27.3 Å². The van der Waals surface area contributed by atoms with Gasteiger partial charge in [0.2, 0.25) is 0 Å². The van der Waals surface area contributed by atoms with E-state index in [2.05, 4.69) is 21.1 Å². The number of nitrogens with zero attached hydrogens (tertiary/aromatic N) is 2. The van der Waals surface area contributed by atoms with Crippen LogP contribution in [0.25, 0.3) is 0 Å². The second-order valence-electron chi connectivity index (χ2n) is 4.28. The van der Waals surface area contributed by atoms with Gasteiger partial charge in [0, 0.05) is 11.9 Å². The highest BCUT2D eigenvalue weighted by Gasteiger charge is 2.22. The summed E-state index contributed by atoms with van der Waals surface area (Å²) in [5.74, 6) is 0.543. The molecule has 2 aromatic heterocycles. The number of thiophene rings is 1. The van der Waals surface area contributed by atoms with Gasteiger partial charge in [-0.25, -0.2) is 0 Å². The summed E-state index contributed by atoms with van der Waals surface area (Å²) in [6, 6.07) is 4.00. The summed E-state index contributed by atoms with van der Waals surface area (Å²) in [4.78, 5) is 15.3. The summed E-state index contributed by atoms with van der Waals surface area (Å²) < 4.78 is 6.18. The van der Waals surface area contributed by atoms with Crippen LogP contribution in [0, 0.1) is 6.92 Å². The topological polar surface area (TPSA) is 46.3 Å². The quantitative estimate of drug-likeness (QED) is 0.851. The fourth-order valence-electron chi connectivity index (χ4n) is 1.87. The van der Waals surface area contributed by atoms with Gasteiger partial charge in [-0.15, -0.1) is 11.3 Å². The summed E-state index contributed by atoms with van der Waals surface area (Å²) in [6.07, 6.45) is 0.691. The van der Waals surface area contributed by atoms with Crippen molar-refractivity contribution in [1.82, 2.24) is 10.1 Å². The van der Waals surface area contributed by atoms with Crippen LogP contribution in [0.4, 0.5) is 0 Å². The molecule has 0 aliphatic rings. The number of rotatable bonds is 4. The maximum atomic E-state index is 12.4. The Morgan fingerprint density at radius 3 is 2.84 bits per heavy atom. The minimum atomic E-state index is -0.0416. The summed E-state index contributed by atoms with van der Waals surface area (Å²) in [5, 5.41) is 3.92. The Bertz CT molecular complexity index is 591. The van der Waals surface area contributed by atoms with Gasteiger partial charge in [0.1, 0.15) is 11.3 Å². The highest BCUT2D eigenvalue weighted by Crippen LogP contribution is 2.24. The van der Waals surface area contributed by atoms with Crippen LogP contribution in [0.1, 0.15) is 33.6 Å². The molecule has 0 unspecified atom stereocenters. The third kappa shape index (κ3) is 3.06. The molecular weight excluding hydrogens is 328 g/mol. The lowest BCUT2D eigenvalue weighted by Gasteiger charge is -2.16. The second-order valence-corrected chi connectivity index (χ2v) is 6.83. The zero-order chi connectivity index (χ0) is 14.0. The maximum absolute atomic E-state index is 12.4. The molecule has 2 aromatic rings. The van der Waals surface area contributed by atoms with E-state index in [1.54, 1.807) is 30.2 Å². The first-order chi connectivity index (χ1) is 9.02. The van der Waals surface area contributed by atoms with Crippen molar-refractivity contribution in [2.75, 3.05) is 7.05 Å². The van der Waals surface area contributed by atoms with Gasteiger partial charge in [-0.05, 0) is 41.4 Å². The molecular formula is C13H15BrN2O2S. The molecule has 0 atom stereocenters. The van der Waals surface area contributed by atoms with Crippen molar-refractivity contribution in [3.63, 3.8) is 0 Å². The monoisotopic (exact) mass is 342 g/mol. The first-order valence-electron chi connectivity index (χ1n) is 5.97. The summed E-state index contributed by atoms with van der Waals surface area (Å²) >= 11 is 5.05. The number of amides is 1. The van der Waals surface area contributed by atoms with E-state index in [1.165, 1.54) is 0 Å². The molecule has 1 amide bonds. The van der Waals surface area contributed by atoms with Gasteiger partial charge in [-0.3, -0.25) is 4.79 Å². The Morgan fingerprint density at radius 1 is 1.53 bits per heavy atom. The van der Waals surface area contributed by atoms with E-state index in [1.807, 2.05) is 19.1 Å². The van der Waals surface area contributed by atoms with Gasteiger partial charge in [-0.1, -0.05) is 12.1 Å². The number of aromatic nitrogens is 1. The molecule has 0 fully saturated rings. The molecule has 4 nitrogen and oxygen atoms in total. The Hall–Kier alpha value is -1.14. The third-order valence-electron chi connectivity index (χ3n) is 2.85. The zero-order valence-corrected chi connectivity index (χ0v) is 13.5. The van der Waals surface area contributed by atoms with Crippen LogP contribution in [0.2, 0.25) is 0 Å². The van der Waals surface area contributed by atoms with E-state index < -0.39 is 0 Å². The first-order valence-corrected chi connectivity index (χ1v) is 7.58. The molecule has 0 bridgehead atoms. The highest BCUT2D eigenvalue weighted by atomic mass is 79.9. The van der Waals surface area contributed by atoms with E-state index >= 15 is 0 Å². The predicted octanol–water partition coefficient (Wildman–Crippen LogP) is 3.64. The number of carbonyl (C=O) groups is 1. The Balaban J connectivity index is 2.16. The van der Waals surface area contributed by atoms with E-state index in [9.17, 15) is 4.79 Å². The standard InChI is InChI=1S/C13H15BrN2O2S/c1-4-10-12(8(2)18-15-10)13(17)16(3)7-9-5-6-11(14)19-9/h5-6H,4,7H2,1-3H3. The van der Waals surface area contributed by atoms with Crippen LogP contribution < -0.4 is 0 Å². The van der Waals surface area contributed by atoms with Gasteiger partial charge in [0.25, 0.3) is 5.91 Å². The summed E-state index contributed by atoms with van der Waals surface area (Å²) in [7, 11) is 1.79. The van der Waals surface area contributed by atoms with Crippen molar-refractivity contribution in [3.05, 3.63) is 37.8 Å². The summed E-state index contributed by atoms with van der Waals surface area (Å²) in [6.45, 7) is 4.32. The lowest BCUT2D eigenvalue weighted by molar-refractivity contribution is 0.0784. The van der Waals surface area contributed by atoms with Crippen molar-refractivity contribution < 1.29 is 9.32 Å². The SMILES string of the molecule is CCc1noc(C)c1C(=O)N(C)Cc1ccc(Br)s1. The van der Waals surface area contributed by atoms with Gasteiger partial charge in [-0.2, -0.15) is 0 Å². The molecule has 102 valence electrons. The second kappa shape index (κ2) is 5.88. The van der Waals surface area contributed by atoms with Gasteiger partial charge in [0.15, 0.2) is 0 Å². The number of hydrogen-bond donors (Lipinski definition) is 0. The van der Waals surface area contributed by atoms with Crippen molar-refractivity contribution in [2.45, 2.75) is 26.8 Å². The fraction of sp³-hybridized carbons (Fsp3) is 0.385. The Labute approximate surface area is 124 Å². The van der Waals surface area contributed by atoms with Crippen molar-refractivity contribution >= 4 is 33.2 Å². The number of carbonyl (C=O) groups excluding carboxylic acids is 1. The largest absolute Gasteiger partial charge is 0.361 e. The number of halogens is 1. The fourth-order valence-corrected chi connectivity index (χ4v) is 3.40. The van der Waals surface area contributed by atoms with E-state index in [4.69, 9.17) is 4.52 Å². The average Bonchev–Trinajstić information content (AvgIpc) is 2.94. The van der Waals surface area contributed by atoms with Crippen molar-refractivity contribution in [1.29, 1.82) is 0 Å². The van der Waals surface area contributed by atoms with E-state index in [0.717, 1.165) is 14.4 Å². The Kier molecular flexibility index (Phi) is 4.42. The van der Waals surface area contributed by atoms with E-state index in [0.29, 0.717) is 24.3 Å². The molecule has 0 aliphatic carbocycles. The number of aryl methyl sites for hydroxylation is 2. The lowest BCUT2D eigenvalue weighted by Crippen LogP contribution is -2.26. The molecule has 0 radical (unpaired) electrons. The van der Waals surface area contributed by atoms with Crippen molar-refractivity contribution in [2.24, 2.45) is 0 Å².